The fourth-order valence-electron chi connectivity index (χ4n) is 4.07. The molecular formula is C25H26F3N5O4. The van der Waals surface area contributed by atoms with Crippen LogP contribution in [0.4, 0.5) is 18.9 Å². The zero-order valence-corrected chi connectivity index (χ0v) is 20.1. The monoisotopic (exact) mass is 517 g/mol. The Morgan fingerprint density at radius 1 is 1.11 bits per heavy atom. The second-order valence-electron chi connectivity index (χ2n) is 8.80. The van der Waals surface area contributed by atoms with Gasteiger partial charge in [-0.1, -0.05) is 12.1 Å². The minimum atomic E-state index is -4.51. The first kappa shape index (κ1) is 26.3. The van der Waals surface area contributed by atoms with Crippen molar-refractivity contribution in [3.63, 3.8) is 0 Å². The molecule has 1 saturated heterocycles. The number of likely N-dealkylation sites (N-methyl/N-ethyl adjacent to an activating group) is 1. The lowest BCUT2D eigenvalue weighted by atomic mass is 10.1. The van der Waals surface area contributed by atoms with Crippen molar-refractivity contribution in [2.45, 2.75) is 12.6 Å². The molecule has 1 N–H and O–H groups in total. The first-order valence-corrected chi connectivity index (χ1v) is 11.7. The Bertz CT molecular complexity index is 1250. The summed E-state index contributed by atoms with van der Waals surface area (Å²) in [6, 6.07) is 9.84. The second-order valence-corrected chi connectivity index (χ2v) is 8.80. The summed E-state index contributed by atoms with van der Waals surface area (Å²) in [6.45, 7) is 5.03. The van der Waals surface area contributed by atoms with Crippen LogP contribution in [0, 0.1) is 10.1 Å². The molecule has 1 aliphatic rings. The van der Waals surface area contributed by atoms with Crippen LogP contribution in [0.3, 0.4) is 0 Å². The lowest BCUT2D eigenvalue weighted by molar-refractivity contribution is -0.384. The molecule has 0 radical (unpaired) electrons. The summed E-state index contributed by atoms with van der Waals surface area (Å²) in [6.07, 6.45) is -3.82. The molecule has 0 bridgehead atoms. The molecule has 3 aromatic rings. The molecule has 0 saturated carbocycles. The molecule has 37 heavy (non-hydrogen) atoms. The molecule has 0 atom stereocenters. The Labute approximate surface area is 211 Å². The van der Waals surface area contributed by atoms with Crippen LogP contribution in [-0.4, -0.2) is 71.9 Å². The first-order chi connectivity index (χ1) is 17.6. The molecule has 2 heterocycles. The third-order valence-corrected chi connectivity index (χ3v) is 6.18. The number of carbonyl (C=O) groups excluding carboxylic acids is 1. The third kappa shape index (κ3) is 6.33. The van der Waals surface area contributed by atoms with E-state index >= 15 is 0 Å². The number of hydrogen-bond acceptors (Lipinski definition) is 7. The van der Waals surface area contributed by atoms with Gasteiger partial charge in [-0.15, -0.1) is 0 Å². The van der Waals surface area contributed by atoms with Gasteiger partial charge in [-0.05, 0) is 50.3 Å². The maximum atomic E-state index is 13.1. The standard InChI is InChI=1S/C25H26F3N5O4/c1-31-13-15-32(16-14-31)12-4-11-29-23(34)21-22(19-5-2-3-6-20(19)33(35)36)37-24(30-21)17-7-9-18(10-8-17)25(26,27)28/h2-3,5-10H,4,11-16H2,1H3,(H,29,34). The molecule has 1 aromatic heterocycles. The van der Waals surface area contributed by atoms with Gasteiger partial charge in [-0.2, -0.15) is 13.2 Å². The van der Waals surface area contributed by atoms with Gasteiger partial charge in [0.25, 0.3) is 11.6 Å². The third-order valence-electron chi connectivity index (χ3n) is 6.18. The van der Waals surface area contributed by atoms with E-state index in [9.17, 15) is 28.1 Å². The van der Waals surface area contributed by atoms with Crippen LogP contribution >= 0.6 is 0 Å². The van der Waals surface area contributed by atoms with Crippen molar-refractivity contribution in [1.82, 2.24) is 20.1 Å². The minimum Gasteiger partial charge on any atom is -0.435 e. The average molecular weight is 518 g/mol. The molecule has 0 aliphatic carbocycles. The average Bonchev–Trinajstić information content (AvgIpc) is 3.33. The lowest BCUT2D eigenvalue weighted by Gasteiger charge is -2.32. The van der Waals surface area contributed by atoms with E-state index in [0.29, 0.717) is 13.0 Å². The fraction of sp³-hybridized carbons (Fsp3) is 0.360. The molecule has 1 fully saturated rings. The Hall–Kier alpha value is -3.77. The van der Waals surface area contributed by atoms with Crippen LogP contribution in [0.1, 0.15) is 22.5 Å². The number of nitro benzene ring substituents is 1. The molecule has 1 amide bonds. The van der Waals surface area contributed by atoms with Crippen molar-refractivity contribution >= 4 is 11.6 Å². The number of carbonyl (C=O) groups is 1. The van der Waals surface area contributed by atoms with Gasteiger partial charge < -0.3 is 19.5 Å². The summed E-state index contributed by atoms with van der Waals surface area (Å²) in [4.78, 5) is 32.9. The highest BCUT2D eigenvalue weighted by molar-refractivity contribution is 5.99. The SMILES string of the molecule is CN1CCN(CCCNC(=O)c2nc(-c3ccc(C(F)(F)F)cc3)oc2-c2ccccc2[N+](=O)[O-])CC1. The van der Waals surface area contributed by atoms with E-state index in [1.165, 1.54) is 30.3 Å². The highest BCUT2D eigenvalue weighted by atomic mass is 19.4. The number of nitrogens with one attached hydrogen (secondary N) is 1. The van der Waals surface area contributed by atoms with Gasteiger partial charge in [0.1, 0.15) is 0 Å². The van der Waals surface area contributed by atoms with Gasteiger partial charge >= 0.3 is 6.18 Å². The van der Waals surface area contributed by atoms with Crippen molar-refractivity contribution in [1.29, 1.82) is 0 Å². The van der Waals surface area contributed by atoms with E-state index in [2.05, 4.69) is 27.1 Å². The van der Waals surface area contributed by atoms with Crippen LogP contribution in [0.15, 0.2) is 52.9 Å². The molecule has 1 aliphatic heterocycles. The smallest absolute Gasteiger partial charge is 0.416 e. The van der Waals surface area contributed by atoms with Crippen LogP contribution in [-0.2, 0) is 6.18 Å². The predicted molar refractivity (Wildman–Crippen MR) is 130 cm³/mol. The van der Waals surface area contributed by atoms with Crippen molar-refractivity contribution in [2.24, 2.45) is 0 Å². The maximum absolute atomic E-state index is 13.1. The molecular weight excluding hydrogens is 491 g/mol. The Morgan fingerprint density at radius 3 is 2.43 bits per heavy atom. The van der Waals surface area contributed by atoms with Gasteiger partial charge in [-0.3, -0.25) is 14.9 Å². The molecule has 2 aromatic carbocycles. The van der Waals surface area contributed by atoms with Crippen molar-refractivity contribution in [3.8, 4) is 22.8 Å². The summed E-state index contributed by atoms with van der Waals surface area (Å²) >= 11 is 0. The lowest BCUT2D eigenvalue weighted by Crippen LogP contribution is -2.45. The number of hydrogen-bond donors (Lipinski definition) is 1. The van der Waals surface area contributed by atoms with Crippen molar-refractivity contribution in [3.05, 3.63) is 69.9 Å². The highest BCUT2D eigenvalue weighted by Crippen LogP contribution is 2.36. The van der Waals surface area contributed by atoms with Gasteiger partial charge in [0.15, 0.2) is 11.5 Å². The molecule has 12 heteroatoms. The van der Waals surface area contributed by atoms with Gasteiger partial charge in [0.2, 0.25) is 5.89 Å². The molecule has 4 rings (SSSR count). The summed E-state index contributed by atoms with van der Waals surface area (Å²) in [7, 11) is 2.07. The van der Waals surface area contributed by atoms with E-state index in [1.54, 1.807) is 6.07 Å². The maximum Gasteiger partial charge on any atom is 0.416 e. The van der Waals surface area contributed by atoms with Gasteiger partial charge in [0.05, 0.1) is 16.1 Å². The van der Waals surface area contributed by atoms with Crippen LogP contribution in [0.5, 0.6) is 0 Å². The number of alkyl halides is 3. The summed E-state index contributed by atoms with van der Waals surface area (Å²) in [5.41, 5.74) is -1.08. The Balaban J connectivity index is 1.57. The quantitative estimate of drug-likeness (QED) is 0.270. The molecule has 196 valence electrons. The number of halogens is 3. The summed E-state index contributed by atoms with van der Waals surface area (Å²) in [5.74, 6) is -0.836. The van der Waals surface area contributed by atoms with Crippen LogP contribution < -0.4 is 5.32 Å². The number of para-hydroxylation sites is 1. The number of amides is 1. The highest BCUT2D eigenvalue weighted by Gasteiger charge is 2.31. The zero-order valence-electron chi connectivity index (χ0n) is 20.1. The number of aromatic nitrogens is 1. The Morgan fingerprint density at radius 2 is 1.78 bits per heavy atom. The zero-order chi connectivity index (χ0) is 26.6. The van der Waals surface area contributed by atoms with Crippen molar-refractivity contribution in [2.75, 3.05) is 46.3 Å². The van der Waals surface area contributed by atoms with E-state index in [-0.39, 0.29) is 34.2 Å². The number of nitro groups is 1. The molecule has 9 nitrogen and oxygen atoms in total. The largest absolute Gasteiger partial charge is 0.435 e. The molecule has 0 unspecified atom stereocenters. The normalized spacial score (nSPS) is 15.0. The fourth-order valence-corrected chi connectivity index (χ4v) is 4.07. The Kier molecular flexibility index (Phi) is 7.89. The number of rotatable bonds is 8. The summed E-state index contributed by atoms with van der Waals surface area (Å²) < 4.78 is 44.6. The molecule has 0 spiro atoms. The number of piperazine rings is 1. The minimum absolute atomic E-state index is 0.0424. The van der Waals surface area contributed by atoms with Crippen LogP contribution in [0.25, 0.3) is 22.8 Å². The van der Waals surface area contributed by atoms with Crippen LogP contribution in [0.2, 0.25) is 0 Å². The van der Waals surface area contributed by atoms with Gasteiger partial charge in [0, 0.05) is 44.4 Å². The summed E-state index contributed by atoms with van der Waals surface area (Å²) in [5, 5.41) is 14.4. The first-order valence-electron chi connectivity index (χ1n) is 11.7. The van der Waals surface area contributed by atoms with Gasteiger partial charge in [-0.25, -0.2) is 4.98 Å². The van der Waals surface area contributed by atoms with E-state index in [4.69, 9.17) is 4.42 Å². The van der Waals surface area contributed by atoms with E-state index in [0.717, 1.165) is 44.9 Å². The van der Waals surface area contributed by atoms with E-state index < -0.39 is 22.6 Å². The van der Waals surface area contributed by atoms with Crippen molar-refractivity contribution < 1.29 is 27.3 Å². The predicted octanol–water partition coefficient (Wildman–Crippen LogP) is 4.30. The second kappa shape index (κ2) is 11.1. The number of nitrogens with zero attached hydrogens (tertiary/aromatic N) is 4. The number of oxazole rings is 1. The topological polar surface area (TPSA) is 105 Å². The number of benzene rings is 2. The van der Waals surface area contributed by atoms with E-state index in [1.807, 2.05) is 0 Å².